The van der Waals surface area contributed by atoms with E-state index in [9.17, 15) is 56.0 Å². The van der Waals surface area contributed by atoms with E-state index < -0.39 is 60.5 Å². The summed E-state index contributed by atoms with van der Waals surface area (Å²) in [5.74, 6) is -9.62. The van der Waals surface area contributed by atoms with Crippen molar-refractivity contribution in [1.82, 2.24) is 4.72 Å². The van der Waals surface area contributed by atoms with E-state index in [2.05, 4.69) is 0 Å². The number of carbonyl (C=O) groups excluding carboxylic acids is 1. The number of sulfonamides is 1. The second kappa shape index (κ2) is 6.31. The van der Waals surface area contributed by atoms with Crippen molar-refractivity contribution in [2.45, 2.75) is 15.1 Å². The van der Waals surface area contributed by atoms with E-state index in [0.717, 1.165) is 0 Å². The quantitative estimate of drug-likeness (QED) is 0.429. The zero-order valence-electron chi connectivity index (χ0n) is 12.4. The van der Waals surface area contributed by atoms with E-state index in [0.29, 0.717) is 4.72 Å². The van der Waals surface area contributed by atoms with Crippen LogP contribution < -0.4 is 4.72 Å². The zero-order valence-corrected chi connectivity index (χ0v) is 15.7. The van der Waals surface area contributed by atoms with E-state index in [4.69, 9.17) is 0 Å². The molecule has 10 nitrogen and oxygen atoms in total. The number of carbonyl (C=O) groups is 1. The summed E-state index contributed by atoms with van der Waals surface area (Å²) in [5, 5.41) is -6.58. The van der Waals surface area contributed by atoms with Gasteiger partial charge in [0.1, 0.15) is 0 Å². The fourth-order valence-electron chi connectivity index (χ4n) is 1.44. The molecule has 0 bridgehead atoms. The average molecular weight is 457 g/mol. The van der Waals surface area contributed by atoms with Crippen molar-refractivity contribution in [3.63, 3.8) is 0 Å². The fourth-order valence-corrected chi connectivity index (χ4v) is 9.55. The summed E-state index contributed by atoms with van der Waals surface area (Å²) in [5.41, 5.74) is 0. The number of rotatable bonds is 7. The minimum absolute atomic E-state index is 0.101. The highest BCUT2D eigenvalue weighted by Crippen LogP contribution is 2.43. The third-order valence-electron chi connectivity index (χ3n) is 2.24. The first kappa shape index (κ1) is 24.0. The highest BCUT2D eigenvalue weighted by atomic mass is 32.3. The van der Waals surface area contributed by atoms with E-state index in [1.165, 1.54) is 0 Å². The Morgan fingerprint density at radius 1 is 0.800 bits per heavy atom. The summed E-state index contributed by atoms with van der Waals surface area (Å²) in [6.45, 7) is 0. The minimum atomic E-state index is -7.09. The van der Waals surface area contributed by atoms with Crippen LogP contribution in [0, 0.1) is 0 Å². The molecule has 0 radical (unpaired) electrons. The maximum absolute atomic E-state index is 13.8. The molecule has 0 saturated heterocycles. The first-order valence-corrected chi connectivity index (χ1v) is 12.7. The number of alkyl halides is 4. The first-order chi connectivity index (χ1) is 10.5. The number of hydrogen-bond donors (Lipinski definition) is 1. The molecule has 0 rings (SSSR count). The Hall–Kier alpha value is -1.01. The van der Waals surface area contributed by atoms with Crippen LogP contribution in [0.4, 0.5) is 17.6 Å². The largest absolute Gasteiger partial charge is 0.418 e. The number of sulfone groups is 3. The Kier molecular flexibility index (Phi) is 6.05. The van der Waals surface area contributed by atoms with Gasteiger partial charge in [0.15, 0.2) is 19.7 Å². The van der Waals surface area contributed by atoms with Gasteiger partial charge >= 0.3 is 17.1 Å². The molecule has 0 heterocycles. The highest BCUT2D eigenvalue weighted by Gasteiger charge is 2.74. The summed E-state index contributed by atoms with van der Waals surface area (Å²) in [6, 6.07) is 0. The predicted molar refractivity (Wildman–Crippen MR) is 75.3 cm³/mol. The highest BCUT2D eigenvalue weighted by molar-refractivity contribution is 8.24. The molecule has 0 aromatic carbocycles. The fraction of sp³-hybridized carbons (Fsp3) is 0.857. The van der Waals surface area contributed by atoms with Gasteiger partial charge in [-0.3, -0.25) is 4.79 Å². The molecular weight excluding hydrogens is 446 g/mol. The van der Waals surface area contributed by atoms with E-state index in [-0.39, 0.29) is 18.8 Å². The molecule has 0 aliphatic heterocycles. The summed E-state index contributed by atoms with van der Waals surface area (Å²) < 4.78 is 141. The molecule has 0 unspecified atom stereocenters. The van der Waals surface area contributed by atoms with Crippen molar-refractivity contribution in [2.75, 3.05) is 18.8 Å². The van der Waals surface area contributed by atoms with Crippen LogP contribution in [-0.4, -0.2) is 73.4 Å². The van der Waals surface area contributed by atoms with Gasteiger partial charge in [0.25, 0.3) is 13.8 Å². The zero-order chi connectivity index (χ0) is 20.9. The third kappa shape index (κ3) is 4.79. The maximum Gasteiger partial charge on any atom is 0.418 e. The van der Waals surface area contributed by atoms with Crippen molar-refractivity contribution in [3.8, 4) is 0 Å². The van der Waals surface area contributed by atoms with Gasteiger partial charge in [0, 0.05) is 12.5 Å². The van der Waals surface area contributed by atoms with Gasteiger partial charge in [-0.05, 0) is 0 Å². The van der Waals surface area contributed by atoms with Crippen LogP contribution in [0.3, 0.4) is 0 Å². The summed E-state index contributed by atoms with van der Waals surface area (Å²) in [4.78, 5) is 11.0. The lowest BCUT2D eigenvalue weighted by Crippen LogP contribution is -2.60. The van der Waals surface area contributed by atoms with E-state index >= 15 is 0 Å². The molecule has 0 aliphatic carbocycles. The Morgan fingerprint density at radius 3 is 1.36 bits per heavy atom. The lowest BCUT2D eigenvalue weighted by Gasteiger charge is -2.27. The normalized spacial score (nSPS) is 15.2. The number of hydrogen-bond acceptors (Lipinski definition) is 9. The van der Waals surface area contributed by atoms with Crippen molar-refractivity contribution in [3.05, 3.63) is 0 Å². The second-order valence-corrected chi connectivity index (χ2v) is 13.8. The minimum Gasteiger partial charge on any atom is -0.267 e. The van der Waals surface area contributed by atoms with Crippen LogP contribution in [0.1, 0.15) is 0 Å². The van der Waals surface area contributed by atoms with Gasteiger partial charge in [-0.1, -0.05) is 0 Å². The van der Waals surface area contributed by atoms with Crippen LogP contribution in [0.2, 0.25) is 0 Å². The molecule has 0 aromatic heterocycles. The average Bonchev–Trinajstić information content (AvgIpc) is 2.20. The van der Waals surface area contributed by atoms with Crippen molar-refractivity contribution >= 4 is 45.4 Å². The van der Waals surface area contributed by atoms with Crippen LogP contribution in [0.5, 0.6) is 0 Å². The van der Waals surface area contributed by atoms with Gasteiger partial charge in [0.05, 0.1) is 6.26 Å². The number of nitrogens with one attached hydrogen (secondary N) is 1. The molecule has 0 spiro atoms. The Bertz CT molecular complexity index is 947. The molecule has 1 N–H and O–H groups in total. The molecule has 150 valence electrons. The molecule has 0 saturated carbocycles. The summed E-state index contributed by atoms with van der Waals surface area (Å²) >= 11 is 0. The van der Waals surface area contributed by atoms with Crippen molar-refractivity contribution in [1.29, 1.82) is 0 Å². The van der Waals surface area contributed by atoms with E-state index in [1.54, 1.807) is 0 Å². The maximum atomic E-state index is 13.8. The van der Waals surface area contributed by atoms with Crippen LogP contribution in [-0.2, 0) is 44.3 Å². The second-order valence-electron chi connectivity index (χ2n) is 4.79. The first-order valence-electron chi connectivity index (χ1n) is 5.38. The monoisotopic (exact) mass is 457 g/mol. The molecule has 0 atom stereocenters. The molecule has 0 aromatic rings. The Balaban J connectivity index is 6.62. The molecule has 18 heteroatoms. The van der Waals surface area contributed by atoms with Gasteiger partial charge in [-0.25, -0.2) is 38.4 Å². The summed E-state index contributed by atoms with van der Waals surface area (Å²) in [7, 11) is -22.8. The topological polar surface area (TPSA) is 166 Å². The van der Waals surface area contributed by atoms with Gasteiger partial charge < -0.3 is 0 Å². The lowest BCUT2D eigenvalue weighted by molar-refractivity contribution is -0.178. The molecular formula is C7H11F4NO9S4. The van der Waals surface area contributed by atoms with E-state index in [1.807, 2.05) is 0 Å². The Labute approximate surface area is 140 Å². The van der Waals surface area contributed by atoms with Gasteiger partial charge in [-0.2, -0.15) is 17.6 Å². The predicted octanol–water partition coefficient (Wildman–Crippen LogP) is -1.92. The SMILES string of the molecule is CS(=O)(=O)NC(=O)C(F)(F)C(F)(F)S(=O)(=O)C(S(C)(=O)=O)S(C)(=O)=O. The van der Waals surface area contributed by atoms with Crippen molar-refractivity contribution in [2.24, 2.45) is 0 Å². The van der Waals surface area contributed by atoms with Gasteiger partial charge in [0.2, 0.25) is 10.0 Å². The van der Waals surface area contributed by atoms with Crippen LogP contribution in [0.25, 0.3) is 0 Å². The molecule has 25 heavy (non-hydrogen) atoms. The van der Waals surface area contributed by atoms with Crippen molar-refractivity contribution < 1.29 is 56.0 Å². The number of halogens is 4. The third-order valence-corrected chi connectivity index (χ3v) is 11.4. The lowest BCUT2D eigenvalue weighted by atomic mass is 10.3. The number of amides is 1. The summed E-state index contributed by atoms with van der Waals surface area (Å²) in [6.07, 6.45) is -0.147. The Morgan fingerprint density at radius 2 is 1.12 bits per heavy atom. The standard InChI is InChI=1S/C7H11F4NO9S4/c1-22(14,15)5(23(2,16)17)25(20,21)7(10,11)6(8,9)4(13)12-24(3,18)19/h5H,1-3H3,(H,12,13). The molecule has 0 aliphatic rings. The van der Waals surface area contributed by atoms with Crippen LogP contribution in [0.15, 0.2) is 0 Å². The molecule has 1 amide bonds. The van der Waals surface area contributed by atoms with Crippen LogP contribution >= 0.6 is 0 Å². The molecule has 0 fully saturated rings. The van der Waals surface area contributed by atoms with Gasteiger partial charge in [-0.15, -0.1) is 0 Å². The smallest absolute Gasteiger partial charge is 0.267 e.